The zero-order valence-electron chi connectivity index (χ0n) is 20.7. The zero-order valence-corrected chi connectivity index (χ0v) is 22.2. The van der Waals surface area contributed by atoms with Crippen molar-refractivity contribution < 1.29 is 19.4 Å². The minimum Gasteiger partial charge on any atom is -0.507 e. The number of hydrogen-bond donors (Lipinski definition) is 1. The van der Waals surface area contributed by atoms with Crippen molar-refractivity contribution in [3.05, 3.63) is 98.5 Å². The first-order valence-electron chi connectivity index (χ1n) is 11.5. The number of aliphatic hydroxyl groups is 1. The van der Waals surface area contributed by atoms with Crippen LogP contribution in [0.3, 0.4) is 0 Å². The van der Waals surface area contributed by atoms with E-state index in [0.29, 0.717) is 32.6 Å². The second-order valence-electron chi connectivity index (χ2n) is 9.82. The number of benzene rings is 3. The Hall–Kier alpha value is -3.28. The van der Waals surface area contributed by atoms with Crippen molar-refractivity contribution in [2.45, 2.75) is 39.2 Å². The lowest BCUT2D eigenvalue weighted by Crippen LogP contribution is -2.29. The molecule has 0 radical (unpaired) electrons. The highest BCUT2D eigenvalue weighted by Gasteiger charge is 2.47. The van der Waals surface area contributed by atoms with E-state index in [9.17, 15) is 14.7 Å². The van der Waals surface area contributed by atoms with Gasteiger partial charge in [0, 0.05) is 26.9 Å². The van der Waals surface area contributed by atoms with Crippen LogP contribution in [0, 0.1) is 6.92 Å². The van der Waals surface area contributed by atoms with E-state index in [2.05, 4.69) is 0 Å². The molecule has 1 fully saturated rings. The number of carbonyl (C=O) groups is 2. The summed E-state index contributed by atoms with van der Waals surface area (Å²) in [7, 11) is 1.59. The Morgan fingerprint density at radius 3 is 2.19 bits per heavy atom. The number of rotatable bonds is 4. The average molecular weight is 524 g/mol. The fourth-order valence-corrected chi connectivity index (χ4v) is 5.08. The number of aliphatic hydroxyl groups excluding tert-OH is 1. The minimum absolute atomic E-state index is 0.00424. The third-order valence-corrected chi connectivity index (χ3v) is 6.77. The summed E-state index contributed by atoms with van der Waals surface area (Å²) in [5, 5.41) is 12.2. The summed E-state index contributed by atoms with van der Waals surface area (Å²) in [6.45, 7) is 7.99. The molecule has 5 nitrogen and oxygen atoms in total. The van der Waals surface area contributed by atoms with Gasteiger partial charge in [0.1, 0.15) is 11.5 Å². The number of hydrogen-bond acceptors (Lipinski definition) is 4. The van der Waals surface area contributed by atoms with Crippen LogP contribution in [0.4, 0.5) is 5.69 Å². The maximum atomic E-state index is 13.5. The highest BCUT2D eigenvalue weighted by atomic mass is 35.5. The standard InChI is InChI=1S/C29H27Cl2NO4/c1-16-8-6-7-9-21(16)25-24(26(33)17-10-11-23(36-5)22(12-17)29(2,3)4)27(34)28(35)32(25)20-14-18(30)13-19(31)15-20/h6-15,25,33H,1-5H3/b26-24+. The molecule has 1 amide bonds. The fraction of sp³-hybridized carbons (Fsp3) is 0.241. The quantitative estimate of drug-likeness (QED) is 0.222. The Morgan fingerprint density at radius 1 is 0.972 bits per heavy atom. The Balaban J connectivity index is 2.00. The van der Waals surface area contributed by atoms with Crippen LogP contribution in [0.5, 0.6) is 5.75 Å². The Kier molecular flexibility index (Phi) is 6.91. The second kappa shape index (κ2) is 9.64. The molecule has 7 heteroatoms. The predicted octanol–water partition coefficient (Wildman–Crippen LogP) is 7.23. The van der Waals surface area contributed by atoms with Crippen LogP contribution in [0.15, 0.2) is 66.2 Å². The molecule has 4 rings (SSSR count). The first-order valence-corrected chi connectivity index (χ1v) is 12.2. The number of ether oxygens (including phenoxy) is 1. The van der Waals surface area contributed by atoms with Gasteiger partial charge in [0.05, 0.1) is 18.7 Å². The van der Waals surface area contributed by atoms with Gasteiger partial charge in [-0.1, -0.05) is 68.2 Å². The van der Waals surface area contributed by atoms with Crippen LogP contribution in [0.1, 0.15) is 49.1 Å². The zero-order chi connectivity index (χ0) is 26.4. The molecule has 1 aliphatic heterocycles. The van der Waals surface area contributed by atoms with Gasteiger partial charge >= 0.3 is 0 Å². The molecule has 186 valence electrons. The summed E-state index contributed by atoms with van der Waals surface area (Å²) < 4.78 is 5.52. The highest BCUT2D eigenvalue weighted by molar-refractivity contribution is 6.52. The summed E-state index contributed by atoms with van der Waals surface area (Å²) >= 11 is 12.5. The van der Waals surface area contributed by atoms with Crippen molar-refractivity contribution in [3.8, 4) is 5.75 Å². The van der Waals surface area contributed by atoms with E-state index in [-0.39, 0.29) is 16.7 Å². The van der Waals surface area contributed by atoms with Crippen molar-refractivity contribution in [1.29, 1.82) is 0 Å². The molecule has 36 heavy (non-hydrogen) atoms. The molecule has 3 aromatic rings. The molecular weight excluding hydrogens is 497 g/mol. The lowest BCUT2D eigenvalue weighted by Gasteiger charge is -2.27. The molecule has 1 atom stereocenters. The number of ketones is 1. The summed E-state index contributed by atoms with van der Waals surface area (Å²) in [4.78, 5) is 28.2. The Bertz CT molecular complexity index is 1380. The molecule has 1 saturated heterocycles. The first kappa shape index (κ1) is 25.8. The second-order valence-corrected chi connectivity index (χ2v) is 10.7. The lowest BCUT2D eigenvalue weighted by molar-refractivity contribution is -0.132. The number of halogens is 2. The van der Waals surface area contributed by atoms with Crippen LogP contribution < -0.4 is 9.64 Å². The maximum Gasteiger partial charge on any atom is 0.300 e. The lowest BCUT2D eigenvalue weighted by atomic mass is 9.84. The Morgan fingerprint density at radius 2 is 1.61 bits per heavy atom. The molecule has 0 spiro atoms. The van der Waals surface area contributed by atoms with Gasteiger partial charge in [0.25, 0.3) is 11.7 Å². The smallest absolute Gasteiger partial charge is 0.300 e. The number of aryl methyl sites for hydroxylation is 1. The number of methoxy groups -OCH3 is 1. The molecule has 3 aromatic carbocycles. The van der Waals surface area contributed by atoms with Crippen molar-refractivity contribution >= 4 is 46.3 Å². The number of anilines is 1. The van der Waals surface area contributed by atoms with Crippen LogP contribution in [0.25, 0.3) is 5.76 Å². The van der Waals surface area contributed by atoms with Gasteiger partial charge in [-0.2, -0.15) is 0 Å². The molecule has 0 bridgehead atoms. The molecule has 1 aliphatic rings. The van der Waals surface area contributed by atoms with Crippen molar-refractivity contribution in [2.75, 3.05) is 12.0 Å². The fourth-order valence-electron chi connectivity index (χ4n) is 4.56. The summed E-state index contributed by atoms with van der Waals surface area (Å²) in [5.41, 5.74) is 2.92. The molecule has 1 heterocycles. The van der Waals surface area contributed by atoms with Crippen LogP contribution in [0.2, 0.25) is 10.0 Å². The summed E-state index contributed by atoms with van der Waals surface area (Å²) in [6.07, 6.45) is 0. The highest BCUT2D eigenvalue weighted by Crippen LogP contribution is 2.45. The SMILES string of the molecule is COc1ccc(/C(O)=C2\C(=O)C(=O)N(c3cc(Cl)cc(Cl)c3)C2c2ccccc2C)cc1C(C)(C)C. The largest absolute Gasteiger partial charge is 0.507 e. The van der Waals surface area contributed by atoms with E-state index in [1.54, 1.807) is 43.5 Å². The van der Waals surface area contributed by atoms with E-state index in [4.69, 9.17) is 27.9 Å². The molecule has 1 N–H and O–H groups in total. The minimum atomic E-state index is -0.874. The molecular formula is C29H27Cl2NO4. The number of amides is 1. The van der Waals surface area contributed by atoms with E-state index < -0.39 is 17.7 Å². The molecule has 1 unspecified atom stereocenters. The average Bonchev–Trinajstić information content (AvgIpc) is 3.07. The molecule has 0 saturated carbocycles. The maximum absolute atomic E-state index is 13.5. The molecule has 0 aromatic heterocycles. The normalized spacial score (nSPS) is 17.5. The van der Waals surface area contributed by atoms with Crippen molar-refractivity contribution in [1.82, 2.24) is 0 Å². The predicted molar refractivity (Wildman–Crippen MR) is 144 cm³/mol. The van der Waals surface area contributed by atoms with Gasteiger partial charge in [-0.25, -0.2) is 0 Å². The van der Waals surface area contributed by atoms with Crippen LogP contribution >= 0.6 is 23.2 Å². The number of Topliss-reactive ketones (excluding diaryl/α,β-unsaturated/α-hetero) is 1. The van der Waals surface area contributed by atoms with Gasteiger partial charge in [0.2, 0.25) is 0 Å². The first-order chi connectivity index (χ1) is 16.9. The van der Waals surface area contributed by atoms with Crippen molar-refractivity contribution in [3.63, 3.8) is 0 Å². The third kappa shape index (κ3) is 4.61. The van der Waals surface area contributed by atoms with E-state index >= 15 is 0 Å². The van der Waals surface area contributed by atoms with E-state index in [1.165, 1.54) is 4.90 Å². The number of carbonyl (C=O) groups excluding carboxylic acids is 2. The van der Waals surface area contributed by atoms with Crippen LogP contribution in [-0.4, -0.2) is 23.9 Å². The summed E-state index contributed by atoms with van der Waals surface area (Å²) in [6, 6.07) is 16.5. The van der Waals surface area contributed by atoms with Gasteiger partial charge in [-0.05, 0) is 59.9 Å². The van der Waals surface area contributed by atoms with Crippen molar-refractivity contribution in [2.24, 2.45) is 0 Å². The third-order valence-electron chi connectivity index (χ3n) is 6.33. The van der Waals surface area contributed by atoms with Gasteiger partial charge in [0.15, 0.2) is 0 Å². The van der Waals surface area contributed by atoms with Gasteiger partial charge < -0.3 is 9.84 Å². The van der Waals surface area contributed by atoms with E-state index in [0.717, 1.165) is 11.1 Å². The van der Waals surface area contributed by atoms with E-state index in [1.807, 2.05) is 52.0 Å². The summed E-state index contributed by atoms with van der Waals surface area (Å²) in [5.74, 6) is -1.15. The topological polar surface area (TPSA) is 66.8 Å². The number of nitrogens with zero attached hydrogens (tertiary/aromatic N) is 1. The molecule has 0 aliphatic carbocycles. The Labute approximate surface area is 220 Å². The monoisotopic (exact) mass is 523 g/mol. The van der Waals surface area contributed by atoms with Crippen LogP contribution in [-0.2, 0) is 15.0 Å². The van der Waals surface area contributed by atoms with Gasteiger partial charge in [-0.3, -0.25) is 14.5 Å². The van der Waals surface area contributed by atoms with Gasteiger partial charge in [-0.15, -0.1) is 0 Å².